The smallest absolute Gasteiger partial charge is 0.248 e. The van der Waals surface area contributed by atoms with E-state index in [1.54, 1.807) is 37.2 Å². The average Bonchev–Trinajstić information content (AvgIpc) is 3.01. The number of aromatic nitrogens is 3. The van der Waals surface area contributed by atoms with Crippen LogP contribution in [0.2, 0.25) is 0 Å². The van der Waals surface area contributed by atoms with Crippen LogP contribution < -0.4 is 5.32 Å². The van der Waals surface area contributed by atoms with E-state index in [4.69, 9.17) is 4.52 Å². The van der Waals surface area contributed by atoms with Crippen LogP contribution in [0.25, 0.3) is 0 Å². The fourth-order valence-corrected chi connectivity index (χ4v) is 4.69. The van der Waals surface area contributed by atoms with Crippen LogP contribution in [0.3, 0.4) is 0 Å². The molecule has 10 nitrogen and oxygen atoms in total. The van der Waals surface area contributed by atoms with Gasteiger partial charge in [-0.15, -0.1) is 0 Å². The predicted octanol–water partition coefficient (Wildman–Crippen LogP) is 0.417. The second kappa shape index (κ2) is 8.01. The monoisotopic (exact) mass is 394 g/mol. The minimum atomic E-state index is -3.67. The van der Waals surface area contributed by atoms with Crippen LogP contribution in [0, 0.1) is 13.8 Å². The standard InChI is InChI=1S/C16H22N6O4S/c1-12-15(13(2)26-20-12)27(24,25)22-10-8-21(9-11-22)14(23)4-7-19-16-17-5-3-6-18-16/h3,5-6H,4,7-11H2,1-2H3,(H,17,18,19). The van der Waals surface area contributed by atoms with Crippen LogP contribution in [-0.2, 0) is 14.8 Å². The van der Waals surface area contributed by atoms with E-state index in [1.165, 1.54) is 4.31 Å². The maximum absolute atomic E-state index is 12.8. The number of hydrogen-bond donors (Lipinski definition) is 1. The molecule has 11 heteroatoms. The topological polar surface area (TPSA) is 122 Å². The number of piperazine rings is 1. The minimum Gasteiger partial charge on any atom is -0.360 e. The summed E-state index contributed by atoms with van der Waals surface area (Å²) in [7, 11) is -3.67. The molecular weight excluding hydrogens is 372 g/mol. The average molecular weight is 394 g/mol. The lowest BCUT2D eigenvalue weighted by atomic mass is 10.3. The van der Waals surface area contributed by atoms with E-state index in [1.807, 2.05) is 0 Å². The number of aryl methyl sites for hydroxylation is 2. The molecule has 1 aliphatic heterocycles. The van der Waals surface area contributed by atoms with Gasteiger partial charge in [0.15, 0.2) is 5.76 Å². The summed E-state index contributed by atoms with van der Waals surface area (Å²) in [6, 6.07) is 1.71. The van der Waals surface area contributed by atoms with E-state index in [0.717, 1.165) is 0 Å². The number of nitrogens with zero attached hydrogens (tertiary/aromatic N) is 5. The first-order chi connectivity index (χ1) is 12.9. The highest BCUT2D eigenvalue weighted by atomic mass is 32.2. The van der Waals surface area contributed by atoms with Crippen molar-refractivity contribution in [1.82, 2.24) is 24.3 Å². The molecule has 0 unspecified atom stereocenters. The number of nitrogens with one attached hydrogen (secondary N) is 1. The van der Waals surface area contributed by atoms with Crippen LogP contribution in [0.4, 0.5) is 5.95 Å². The van der Waals surface area contributed by atoms with Crippen molar-refractivity contribution in [3.63, 3.8) is 0 Å². The second-order valence-electron chi connectivity index (χ2n) is 6.19. The summed E-state index contributed by atoms with van der Waals surface area (Å²) in [5.74, 6) is 0.716. The minimum absolute atomic E-state index is 0.0344. The molecule has 0 saturated carbocycles. The van der Waals surface area contributed by atoms with Crippen molar-refractivity contribution < 1.29 is 17.7 Å². The van der Waals surface area contributed by atoms with Crippen molar-refractivity contribution in [2.24, 2.45) is 0 Å². The molecular formula is C16H22N6O4S. The summed E-state index contributed by atoms with van der Waals surface area (Å²) in [6.45, 7) is 4.79. The van der Waals surface area contributed by atoms with E-state index in [-0.39, 0.29) is 36.1 Å². The Bertz CT molecular complexity index is 871. The van der Waals surface area contributed by atoms with Gasteiger partial charge in [-0.05, 0) is 19.9 Å². The lowest BCUT2D eigenvalue weighted by Gasteiger charge is -2.34. The largest absolute Gasteiger partial charge is 0.360 e. The molecule has 1 saturated heterocycles. The Morgan fingerprint density at radius 3 is 2.44 bits per heavy atom. The molecule has 1 fully saturated rings. The zero-order valence-electron chi connectivity index (χ0n) is 15.3. The number of anilines is 1. The van der Waals surface area contributed by atoms with E-state index in [2.05, 4.69) is 20.4 Å². The highest BCUT2D eigenvalue weighted by Crippen LogP contribution is 2.24. The van der Waals surface area contributed by atoms with E-state index >= 15 is 0 Å². The second-order valence-corrected chi connectivity index (χ2v) is 8.06. The van der Waals surface area contributed by atoms with Crippen molar-refractivity contribution >= 4 is 21.9 Å². The number of carbonyl (C=O) groups is 1. The SMILES string of the molecule is Cc1noc(C)c1S(=O)(=O)N1CCN(C(=O)CCNc2ncccn2)CC1. The van der Waals surface area contributed by atoms with Gasteiger partial charge in [-0.25, -0.2) is 18.4 Å². The van der Waals surface area contributed by atoms with Gasteiger partial charge in [-0.1, -0.05) is 5.16 Å². The van der Waals surface area contributed by atoms with Crippen LogP contribution >= 0.6 is 0 Å². The van der Waals surface area contributed by atoms with Gasteiger partial charge in [0.1, 0.15) is 10.6 Å². The van der Waals surface area contributed by atoms with Gasteiger partial charge in [0.25, 0.3) is 0 Å². The molecule has 0 spiro atoms. The molecule has 1 N–H and O–H groups in total. The summed E-state index contributed by atoms with van der Waals surface area (Å²) in [5, 5.41) is 6.70. The Hall–Kier alpha value is -2.53. The number of hydrogen-bond acceptors (Lipinski definition) is 8. The highest BCUT2D eigenvalue weighted by molar-refractivity contribution is 7.89. The van der Waals surface area contributed by atoms with E-state index in [0.29, 0.717) is 31.3 Å². The molecule has 0 aliphatic carbocycles. The van der Waals surface area contributed by atoms with Crippen molar-refractivity contribution in [2.45, 2.75) is 25.2 Å². The summed E-state index contributed by atoms with van der Waals surface area (Å²) >= 11 is 0. The molecule has 0 atom stereocenters. The number of amides is 1. The molecule has 3 rings (SSSR count). The molecule has 3 heterocycles. The van der Waals surface area contributed by atoms with E-state index in [9.17, 15) is 13.2 Å². The van der Waals surface area contributed by atoms with Crippen molar-refractivity contribution in [3.8, 4) is 0 Å². The Labute approximate surface area is 157 Å². The maximum Gasteiger partial charge on any atom is 0.248 e. The number of rotatable bonds is 6. The zero-order chi connectivity index (χ0) is 19.4. The van der Waals surface area contributed by atoms with Crippen LogP contribution in [-0.4, -0.2) is 71.4 Å². The van der Waals surface area contributed by atoms with Gasteiger partial charge in [0, 0.05) is 51.5 Å². The molecule has 27 heavy (non-hydrogen) atoms. The molecule has 146 valence electrons. The Kier molecular flexibility index (Phi) is 5.71. The van der Waals surface area contributed by atoms with Crippen LogP contribution in [0.15, 0.2) is 27.9 Å². The van der Waals surface area contributed by atoms with Crippen LogP contribution in [0.5, 0.6) is 0 Å². The fourth-order valence-electron chi connectivity index (χ4n) is 2.98. The number of carbonyl (C=O) groups excluding carboxylic acids is 1. The summed E-state index contributed by atoms with van der Waals surface area (Å²) < 4.78 is 31.9. The predicted molar refractivity (Wildman–Crippen MR) is 96.5 cm³/mol. The maximum atomic E-state index is 12.8. The third-order valence-corrected chi connectivity index (χ3v) is 6.49. The Morgan fingerprint density at radius 2 is 1.85 bits per heavy atom. The molecule has 2 aromatic heterocycles. The molecule has 1 amide bonds. The molecule has 2 aromatic rings. The van der Waals surface area contributed by atoms with Gasteiger partial charge in [0.05, 0.1) is 0 Å². The van der Waals surface area contributed by atoms with Gasteiger partial charge < -0.3 is 14.7 Å². The molecule has 0 bridgehead atoms. The Morgan fingerprint density at radius 1 is 1.19 bits per heavy atom. The van der Waals surface area contributed by atoms with Crippen molar-refractivity contribution in [1.29, 1.82) is 0 Å². The highest BCUT2D eigenvalue weighted by Gasteiger charge is 2.34. The molecule has 0 radical (unpaired) electrons. The first kappa shape index (κ1) is 19.2. The van der Waals surface area contributed by atoms with Crippen molar-refractivity contribution in [2.75, 3.05) is 38.0 Å². The first-order valence-electron chi connectivity index (χ1n) is 8.61. The first-order valence-corrected chi connectivity index (χ1v) is 10.1. The number of sulfonamides is 1. The molecule has 1 aliphatic rings. The Balaban J connectivity index is 1.52. The summed E-state index contributed by atoms with van der Waals surface area (Å²) in [6.07, 6.45) is 3.53. The van der Waals surface area contributed by atoms with Gasteiger partial charge in [-0.2, -0.15) is 4.31 Å². The van der Waals surface area contributed by atoms with Crippen molar-refractivity contribution in [3.05, 3.63) is 29.9 Å². The van der Waals surface area contributed by atoms with E-state index < -0.39 is 10.0 Å². The fraction of sp³-hybridized carbons (Fsp3) is 0.500. The summed E-state index contributed by atoms with van der Waals surface area (Å²) in [4.78, 5) is 22.2. The zero-order valence-corrected chi connectivity index (χ0v) is 16.1. The lowest BCUT2D eigenvalue weighted by molar-refractivity contribution is -0.132. The third kappa shape index (κ3) is 4.25. The normalized spacial score (nSPS) is 15.7. The van der Waals surface area contributed by atoms with Gasteiger partial charge in [0.2, 0.25) is 21.9 Å². The van der Waals surface area contributed by atoms with Crippen LogP contribution in [0.1, 0.15) is 17.9 Å². The summed E-state index contributed by atoms with van der Waals surface area (Å²) in [5.41, 5.74) is 0.347. The lowest BCUT2D eigenvalue weighted by Crippen LogP contribution is -2.50. The van der Waals surface area contributed by atoms with Gasteiger partial charge in [-0.3, -0.25) is 4.79 Å². The molecule has 0 aromatic carbocycles. The third-order valence-electron chi connectivity index (χ3n) is 4.34. The quantitative estimate of drug-likeness (QED) is 0.748. The van der Waals surface area contributed by atoms with Gasteiger partial charge >= 0.3 is 0 Å².